The first-order valence-electron chi connectivity index (χ1n) is 6.61. The highest BCUT2D eigenvalue weighted by Gasteiger charge is 2.05. The first-order valence-corrected chi connectivity index (χ1v) is 8.02. The van der Waals surface area contributed by atoms with Gasteiger partial charge >= 0.3 is 0 Å². The third-order valence-corrected chi connectivity index (χ3v) is 5.22. The third kappa shape index (κ3) is 2.83. The van der Waals surface area contributed by atoms with Crippen LogP contribution in [0.3, 0.4) is 0 Å². The van der Waals surface area contributed by atoms with Gasteiger partial charge in [0.05, 0.1) is 9.52 Å². The van der Waals surface area contributed by atoms with Crippen molar-refractivity contribution in [1.29, 1.82) is 0 Å². The summed E-state index contributed by atoms with van der Waals surface area (Å²) in [6.45, 7) is 0. The van der Waals surface area contributed by atoms with Crippen molar-refractivity contribution in [2.45, 2.75) is 0 Å². The van der Waals surface area contributed by atoms with Crippen molar-refractivity contribution < 1.29 is 0 Å². The highest BCUT2D eigenvalue weighted by Crippen LogP contribution is 2.15. The summed E-state index contributed by atoms with van der Waals surface area (Å²) in [5, 5.41) is 3.01. The largest absolute Gasteiger partial charge is 0.0883 e. The number of hydrogen-bond acceptors (Lipinski definition) is 0. The zero-order valence-electron chi connectivity index (χ0n) is 10.8. The molecule has 1 heteroatoms. The van der Waals surface area contributed by atoms with Gasteiger partial charge in [-0.05, 0) is 11.1 Å². The van der Waals surface area contributed by atoms with Crippen molar-refractivity contribution >= 4 is 19.9 Å². The van der Waals surface area contributed by atoms with Crippen molar-refractivity contribution in [2.24, 2.45) is 0 Å². The van der Waals surface area contributed by atoms with Crippen LogP contribution in [0.25, 0.3) is 11.1 Å². The summed E-state index contributed by atoms with van der Waals surface area (Å²) in [4.78, 5) is 0. The van der Waals surface area contributed by atoms with Gasteiger partial charge in [0.15, 0.2) is 0 Å². The maximum atomic E-state index is 2.28. The van der Waals surface area contributed by atoms with E-state index in [2.05, 4.69) is 84.9 Å². The van der Waals surface area contributed by atoms with Crippen molar-refractivity contribution in [2.75, 3.05) is 0 Å². The molecule has 0 unspecified atom stereocenters. The second-order valence-corrected chi connectivity index (χ2v) is 6.62. The summed E-state index contributed by atoms with van der Waals surface area (Å²) in [6.07, 6.45) is 0. The minimum absolute atomic E-state index is 0.407. The molecule has 0 saturated heterocycles. The maximum Gasteiger partial charge on any atom is 0.0883 e. The lowest BCUT2D eigenvalue weighted by Crippen LogP contribution is -2.28. The molecular weight excluding hydrogens is 244 g/mol. The van der Waals surface area contributed by atoms with E-state index in [0.717, 1.165) is 0 Å². The molecule has 92 valence electrons. The molecule has 0 amide bonds. The molecule has 0 spiro atoms. The second-order valence-electron chi connectivity index (χ2n) is 4.69. The summed E-state index contributed by atoms with van der Waals surface area (Å²) in [5.41, 5.74) is 2.71. The van der Waals surface area contributed by atoms with Crippen molar-refractivity contribution in [3.05, 3.63) is 84.9 Å². The van der Waals surface area contributed by atoms with E-state index in [4.69, 9.17) is 0 Å². The number of rotatable bonds is 3. The van der Waals surface area contributed by atoms with Crippen LogP contribution in [0.1, 0.15) is 0 Å². The third-order valence-electron chi connectivity index (χ3n) is 3.34. The van der Waals surface area contributed by atoms with E-state index in [1.54, 1.807) is 0 Å². The van der Waals surface area contributed by atoms with E-state index in [-0.39, 0.29) is 0 Å². The minimum atomic E-state index is -0.407. The summed E-state index contributed by atoms with van der Waals surface area (Å²) in [5.74, 6) is 0. The Morgan fingerprint density at radius 1 is 0.526 bits per heavy atom. The van der Waals surface area contributed by atoms with Crippen molar-refractivity contribution in [3.63, 3.8) is 0 Å². The van der Waals surface area contributed by atoms with Crippen LogP contribution in [-0.2, 0) is 0 Å². The average molecular weight is 260 g/mol. The molecule has 3 aromatic rings. The smallest absolute Gasteiger partial charge is 0.0633 e. The van der Waals surface area contributed by atoms with Crippen LogP contribution in [0.15, 0.2) is 84.9 Å². The monoisotopic (exact) mass is 260 g/mol. The van der Waals surface area contributed by atoms with E-state index < -0.39 is 9.52 Å². The van der Waals surface area contributed by atoms with Gasteiger partial charge in [-0.1, -0.05) is 95.3 Å². The Morgan fingerprint density at radius 3 is 1.84 bits per heavy atom. The molecule has 3 aromatic carbocycles. The zero-order chi connectivity index (χ0) is 12.9. The fourth-order valence-electron chi connectivity index (χ4n) is 2.39. The minimum Gasteiger partial charge on any atom is -0.0633 e. The molecule has 0 aliphatic heterocycles. The van der Waals surface area contributed by atoms with Crippen molar-refractivity contribution in [1.82, 2.24) is 0 Å². The molecule has 19 heavy (non-hydrogen) atoms. The van der Waals surface area contributed by atoms with Gasteiger partial charge in [0.2, 0.25) is 0 Å². The van der Waals surface area contributed by atoms with Gasteiger partial charge in [0, 0.05) is 0 Å². The molecule has 0 heterocycles. The molecule has 0 atom stereocenters. The molecule has 3 rings (SSSR count). The maximum absolute atomic E-state index is 2.28. The fourth-order valence-corrected chi connectivity index (χ4v) is 4.10. The lowest BCUT2D eigenvalue weighted by atomic mass is 10.1. The highest BCUT2D eigenvalue weighted by atomic mass is 28.2. The Hall–Kier alpha value is -2.12. The molecule has 0 aromatic heterocycles. The molecule has 0 aliphatic rings. The summed E-state index contributed by atoms with van der Waals surface area (Å²) >= 11 is 0. The Morgan fingerprint density at radius 2 is 1.11 bits per heavy atom. The van der Waals surface area contributed by atoms with Crippen LogP contribution in [0.4, 0.5) is 0 Å². The Kier molecular flexibility index (Phi) is 3.57. The highest BCUT2D eigenvalue weighted by molar-refractivity contribution is 6.68. The van der Waals surface area contributed by atoms with E-state index in [9.17, 15) is 0 Å². The fraction of sp³-hybridized carbons (Fsp3) is 0. The van der Waals surface area contributed by atoms with Crippen LogP contribution in [0, 0.1) is 0 Å². The molecule has 0 bridgehead atoms. The summed E-state index contributed by atoms with van der Waals surface area (Å²) < 4.78 is 0. The molecule has 0 aliphatic carbocycles. The normalized spacial score (nSPS) is 10.9. The molecule has 0 N–H and O–H groups in total. The zero-order valence-corrected chi connectivity index (χ0v) is 12.2. The van der Waals surface area contributed by atoms with Crippen LogP contribution >= 0.6 is 0 Å². The SMILES string of the molecule is c1ccc([SiH2]c2ccccc2-c2ccccc2)cc1. The molecular formula is C18H16Si. The predicted molar refractivity (Wildman–Crippen MR) is 86.1 cm³/mol. The van der Waals surface area contributed by atoms with Crippen LogP contribution in [0.2, 0.25) is 0 Å². The van der Waals surface area contributed by atoms with Crippen LogP contribution < -0.4 is 10.4 Å². The lowest BCUT2D eigenvalue weighted by Gasteiger charge is -2.09. The van der Waals surface area contributed by atoms with E-state index >= 15 is 0 Å². The van der Waals surface area contributed by atoms with E-state index in [1.807, 2.05) is 0 Å². The Labute approximate surface area is 116 Å². The van der Waals surface area contributed by atoms with Gasteiger partial charge in [-0.3, -0.25) is 0 Å². The van der Waals surface area contributed by atoms with Crippen LogP contribution in [-0.4, -0.2) is 9.52 Å². The van der Waals surface area contributed by atoms with Gasteiger partial charge in [0.25, 0.3) is 0 Å². The summed E-state index contributed by atoms with van der Waals surface area (Å²) in [7, 11) is -0.407. The molecule has 0 radical (unpaired) electrons. The summed E-state index contributed by atoms with van der Waals surface area (Å²) in [6, 6.07) is 30.3. The number of hydrogen-bond donors (Lipinski definition) is 0. The van der Waals surface area contributed by atoms with Gasteiger partial charge in [-0.15, -0.1) is 0 Å². The van der Waals surface area contributed by atoms with E-state index in [1.165, 1.54) is 21.5 Å². The standard InChI is InChI=1S/C18H16Si/c1-3-9-15(10-4-1)17-13-7-8-14-18(17)19-16-11-5-2-6-12-16/h1-14H,19H2. The topological polar surface area (TPSA) is 0 Å². The van der Waals surface area contributed by atoms with Gasteiger partial charge in [-0.2, -0.15) is 0 Å². The second kappa shape index (κ2) is 5.68. The predicted octanol–water partition coefficient (Wildman–Crippen LogP) is 2.47. The quantitative estimate of drug-likeness (QED) is 0.635. The van der Waals surface area contributed by atoms with Gasteiger partial charge in [-0.25, -0.2) is 0 Å². The Balaban J connectivity index is 1.99. The molecule has 0 saturated carbocycles. The van der Waals surface area contributed by atoms with Crippen LogP contribution in [0.5, 0.6) is 0 Å². The first kappa shape index (κ1) is 11.9. The van der Waals surface area contributed by atoms with E-state index in [0.29, 0.717) is 0 Å². The molecule has 0 nitrogen and oxygen atoms in total. The average Bonchev–Trinajstić information content (AvgIpc) is 2.50. The van der Waals surface area contributed by atoms with Gasteiger partial charge < -0.3 is 0 Å². The number of benzene rings is 3. The Bertz CT molecular complexity index is 645. The van der Waals surface area contributed by atoms with Gasteiger partial charge in [0.1, 0.15) is 0 Å². The molecule has 0 fully saturated rings. The van der Waals surface area contributed by atoms with Crippen molar-refractivity contribution in [3.8, 4) is 11.1 Å². The first-order chi connectivity index (χ1) is 9.43. The lowest BCUT2D eigenvalue weighted by molar-refractivity contribution is 1.64.